The molecule has 2 rings (SSSR count). The number of esters is 1. The van der Waals surface area contributed by atoms with Crippen molar-refractivity contribution in [2.75, 3.05) is 14.2 Å². The van der Waals surface area contributed by atoms with E-state index in [-0.39, 0.29) is 12.6 Å². The molecule has 4 nitrogen and oxygen atoms in total. The minimum Gasteiger partial charge on any atom is -0.496 e. The highest BCUT2D eigenvalue weighted by Crippen LogP contribution is 2.18. The third-order valence-electron chi connectivity index (χ3n) is 3.05. The first-order valence-electron chi connectivity index (χ1n) is 6.61. The smallest absolute Gasteiger partial charge is 0.338 e. The van der Waals surface area contributed by atoms with Crippen LogP contribution in [0.2, 0.25) is 0 Å². The normalized spacial score (nSPS) is 10.2. The van der Waals surface area contributed by atoms with E-state index in [1.54, 1.807) is 26.4 Å². The zero-order chi connectivity index (χ0) is 15.1. The Morgan fingerprint density at radius 2 is 1.67 bits per heavy atom. The average molecular weight is 286 g/mol. The zero-order valence-electron chi connectivity index (χ0n) is 12.2. The molecule has 0 aliphatic heterocycles. The van der Waals surface area contributed by atoms with Crippen LogP contribution in [0.5, 0.6) is 5.75 Å². The minimum atomic E-state index is -0.357. The largest absolute Gasteiger partial charge is 0.496 e. The van der Waals surface area contributed by atoms with Gasteiger partial charge >= 0.3 is 5.97 Å². The van der Waals surface area contributed by atoms with Crippen molar-refractivity contribution in [2.45, 2.75) is 13.2 Å². The Labute approximate surface area is 124 Å². The molecule has 110 valence electrons. The van der Waals surface area contributed by atoms with Crippen LogP contribution in [0.1, 0.15) is 21.5 Å². The Kier molecular flexibility index (Phi) is 5.35. The van der Waals surface area contributed by atoms with Crippen molar-refractivity contribution in [3.8, 4) is 5.75 Å². The van der Waals surface area contributed by atoms with Gasteiger partial charge in [0, 0.05) is 12.7 Å². The van der Waals surface area contributed by atoms with Gasteiger partial charge in [0.05, 0.1) is 19.3 Å². The second kappa shape index (κ2) is 7.45. The van der Waals surface area contributed by atoms with Crippen LogP contribution < -0.4 is 4.74 Å². The lowest BCUT2D eigenvalue weighted by atomic mass is 10.1. The van der Waals surface area contributed by atoms with Gasteiger partial charge in [-0.15, -0.1) is 0 Å². The lowest BCUT2D eigenvalue weighted by Gasteiger charge is -2.09. The number of hydrogen-bond acceptors (Lipinski definition) is 4. The lowest BCUT2D eigenvalue weighted by molar-refractivity contribution is 0.0470. The summed E-state index contributed by atoms with van der Waals surface area (Å²) in [7, 11) is 3.23. The summed E-state index contributed by atoms with van der Waals surface area (Å²) in [5.41, 5.74) is 2.37. The van der Waals surface area contributed by atoms with E-state index in [2.05, 4.69) is 0 Å². The van der Waals surface area contributed by atoms with Gasteiger partial charge < -0.3 is 14.2 Å². The average Bonchev–Trinajstić information content (AvgIpc) is 2.54. The molecule has 0 amide bonds. The second-order valence-corrected chi connectivity index (χ2v) is 4.52. The number of para-hydroxylation sites is 1. The topological polar surface area (TPSA) is 44.8 Å². The predicted molar refractivity (Wildman–Crippen MR) is 79.3 cm³/mol. The summed E-state index contributed by atoms with van der Waals surface area (Å²) in [4.78, 5) is 12.0. The first-order valence-corrected chi connectivity index (χ1v) is 6.61. The van der Waals surface area contributed by atoms with E-state index in [1.807, 2.05) is 36.4 Å². The van der Waals surface area contributed by atoms with Gasteiger partial charge in [-0.3, -0.25) is 0 Å². The molecule has 0 unspecified atom stereocenters. The quantitative estimate of drug-likeness (QED) is 0.765. The van der Waals surface area contributed by atoms with Crippen LogP contribution >= 0.6 is 0 Å². The fraction of sp³-hybridized carbons (Fsp3) is 0.235. The van der Waals surface area contributed by atoms with Crippen LogP contribution in [-0.2, 0) is 22.7 Å². The number of hydrogen-bond donors (Lipinski definition) is 0. The van der Waals surface area contributed by atoms with Crippen LogP contribution in [0.3, 0.4) is 0 Å². The van der Waals surface area contributed by atoms with Gasteiger partial charge in [0.1, 0.15) is 12.4 Å². The summed E-state index contributed by atoms with van der Waals surface area (Å²) in [5.74, 6) is 0.352. The van der Waals surface area contributed by atoms with Crippen LogP contribution in [-0.4, -0.2) is 20.2 Å². The molecule has 4 heteroatoms. The highest BCUT2D eigenvalue weighted by Gasteiger charge is 2.09. The molecule has 0 saturated carbocycles. The fourth-order valence-electron chi connectivity index (χ4n) is 1.95. The lowest BCUT2D eigenvalue weighted by Crippen LogP contribution is -2.06. The molecule has 0 aliphatic rings. The number of carbonyl (C=O) groups is 1. The van der Waals surface area contributed by atoms with Gasteiger partial charge in [-0.1, -0.05) is 30.3 Å². The summed E-state index contributed by atoms with van der Waals surface area (Å²) >= 11 is 0. The van der Waals surface area contributed by atoms with Gasteiger partial charge in [-0.2, -0.15) is 0 Å². The van der Waals surface area contributed by atoms with Gasteiger partial charge in [-0.25, -0.2) is 4.79 Å². The maximum Gasteiger partial charge on any atom is 0.338 e. The summed E-state index contributed by atoms with van der Waals surface area (Å²) in [6.45, 7) is 0.708. The first kappa shape index (κ1) is 15.1. The van der Waals surface area contributed by atoms with Crippen molar-refractivity contribution in [3.63, 3.8) is 0 Å². The summed E-state index contributed by atoms with van der Waals surface area (Å²) in [6, 6.07) is 14.6. The number of methoxy groups -OCH3 is 2. The molecule has 21 heavy (non-hydrogen) atoms. The Balaban J connectivity index is 1.98. The molecule has 0 heterocycles. The van der Waals surface area contributed by atoms with Crippen LogP contribution in [0.15, 0.2) is 48.5 Å². The van der Waals surface area contributed by atoms with Gasteiger partial charge in [0.15, 0.2) is 0 Å². The van der Waals surface area contributed by atoms with Crippen molar-refractivity contribution >= 4 is 5.97 Å². The highest BCUT2D eigenvalue weighted by molar-refractivity contribution is 5.89. The molecule has 0 spiro atoms. The Bertz CT molecular complexity index is 590. The molecule has 0 atom stereocenters. The van der Waals surface area contributed by atoms with E-state index in [0.717, 1.165) is 11.1 Å². The third-order valence-corrected chi connectivity index (χ3v) is 3.05. The molecule has 2 aromatic rings. The molecule has 0 radical (unpaired) electrons. The van der Waals surface area contributed by atoms with Crippen molar-refractivity contribution in [1.82, 2.24) is 0 Å². The fourth-order valence-corrected chi connectivity index (χ4v) is 1.95. The monoisotopic (exact) mass is 286 g/mol. The Morgan fingerprint density at radius 1 is 0.952 bits per heavy atom. The summed E-state index contributed by atoms with van der Waals surface area (Å²) < 4.78 is 15.6. The number of rotatable bonds is 6. The van der Waals surface area contributed by atoms with E-state index < -0.39 is 0 Å². The van der Waals surface area contributed by atoms with E-state index in [0.29, 0.717) is 17.9 Å². The van der Waals surface area contributed by atoms with Gasteiger partial charge in [0.25, 0.3) is 0 Å². The number of carbonyl (C=O) groups excluding carboxylic acids is 1. The van der Waals surface area contributed by atoms with Crippen molar-refractivity contribution in [3.05, 3.63) is 65.2 Å². The Hall–Kier alpha value is -2.33. The zero-order valence-corrected chi connectivity index (χ0v) is 12.2. The molecule has 0 bridgehead atoms. The van der Waals surface area contributed by atoms with E-state index >= 15 is 0 Å². The number of benzene rings is 2. The van der Waals surface area contributed by atoms with E-state index in [9.17, 15) is 4.79 Å². The molecule has 2 aromatic carbocycles. The summed E-state index contributed by atoms with van der Waals surface area (Å²) in [6.07, 6.45) is 0. The molecule has 0 aliphatic carbocycles. The van der Waals surface area contributed by atoms with Crippen LogP contribution in [0, 0.1) is 0 Å². The highest BCUT2D eigenvalue weighted by atomic mass is 16.5. The molecule has 0 fully saturated rings. The maximum atomic E-state index is 12.0. The minimum absolute atomic E-state index is 0.183. The van der Waals surface area contributed by atoms with Crippen LogP contribution in [0.4, 0.5) is 0 Å². The standard InChI is InChI=1S/C17H18O4/c1-19-11-13-7-9-14(10-8-13)17(18)21-12-15-5-3-4-6-16(15)20-2/h3-10H,11-12H2,1-2H3. The summed E-state index contributed by atoms with van der Waals surface area (Å²) in [5, 5.41) is 0. The van der Waals surface area contributed by atoms with E-state index in [4.69, 9.17) is 14.2 Å². The second-order valence-electron chi connectivity index (χ2n) is 4.52. The maximum absolute atomic E-state index is 12.0. The van der Waals surface area contributed by atoms with Gasteiger partial charge in [-0.05, 0) is 23.8 Å². The first-order chi connectivity index (χ1) is 10.2. The molecular weight excluding hydrogens is 268 g/mol. The molecular formula is C17H18O4. The predicted octanol–water partition coefficient (Wildman–Crippen LogP) is 3.20. The molecule has 0 aromatic heterocycles. The third kappa shape index (κ3) is 4.07. The Morgan fingerprint density at radius 3 is 2.33 bits per heavy atom. The van der Waals surface area contributed by atoms with Crippen molar-refractivity contribution in [1.29, 1.82) is 0 Å². The van der Waals surface area contributed by atoms with Crippen molar-refractivity contribution in [2.24, 2.45) is 0 Å². The molecule has 0 saturated heterocycles. The SMILES string of the molecule is COCc1ccc(C(=O)OCc2ccccc2OC)cc1. The van der Waals surface area contributed by atoms with E-state index in [1.165, 1.54) is 0 Å². The van der Waals surface area contributed by atoms with Gasteiger partial charge in [0.2, 0.25) is 0 Å². The van der Waals surface area contributed by atoms with Crippen molar-refractivity contribution < 1.29 is 19.0 Å². The van der Waals surface area contributed by atoms with Crippen LogP contribution in [0.25, 0.3) is 0 Å². The number of ether oxygens (including phenoxy) is 3. The molecule has 0 N–H and O–H groups in total.